The zero-order valence-corrected chi connectivity index (χ0v) is 40.4. The lowest BCUT2D eigenvalue weighted by Crippen LogP contribution is -2.35. The van der Waals surface area contributed by atoms with E-state index in [0.717, 1.165) is 28.4 Å². The van der Waals surface area contributed by atoms with Gasteiger partial charge in [-0.05, 0) is 125 Å². The first-order valence-corrected chi connectivity index (χ1v) is 25.4. The minimum Gasteiger partial charge on any atom is -0.333 e. The van der Waals surface area contributed by atoms with Gasteiger partial charge in [-0.2, -0.15) is 0 Å². The van der Waals surface area contributed by atoms with Gasteiger partial charge in [0.2, 0.25) is 0 Å². The standard InChI is InChI=1S/C69H50N4/c1-47-44-51(36-41-63(47)73(65-33-17-21-50-19-9-11-27-58(50)65)56-40-43-69-62(46-56)60-29-13-15-31-67(60)72(69)53-24-6-3-7-25-53)48-34-37-54(38-35-48)70(64-32-16-20-49-18-8-10-26-57(49)64)55-39-42-68-61(45-55)59-28-12-14-30-66(59)71(68)52-22-4-2-5-23-52/h2-47,63H,1H3. The topological polar surface area (TPSA) is 16.3 Å². The van der Waals surface area contributed by atoms with Crippen LogP contribution in [0.4, 0.5) is 28.4 Å². The summed E-state index contributed by atoms with van der Waals surface area (Å²) in [6, 6.07) is 93.1. The second-order valence-corrected chi connectivity index (χ2v) is 19.4. The Morgan fingerprint density at radius 3 is 1.40 bits per heavy atom. The Balaban J connectivity index is 0.854. The van der Waals surface area contributed by atoms with Crippen molar-refractivity contribution in [3.63, 3.8) is 0 Å². The minimum atomic E-state index is 0.0540. The summed E-state index contributed by atoms with van der Waals surface area (Å²) in [5, 5.41) is 9.81. The van der Waals surface area contributed by atoms with Gasteiger partial charge < -0.3 is 18.9 Å². The van der Waals surface area contributed by atoms with Gasteiger partial charge in [0.25, 0.3) is 0 Å². The molecule has 11 aromatic carbocycles. The fourth-order valence-electron chi connectivity index (χ4n) is 11.8. The highest BCUT2D eigenvalue weighted by molar-refractivity contribution is 6.12. The Morgan fingerprint density at radius 2 is 0.808 bits per heavy atom. The number of anilines is 5. The number of aromatic nitrogens is 2. The highest BCUT2D eigenvalue weighted by Gasteiger charge is 2.28. The number of fused-ring (bicyclic) bond motifs is 8. The summed E-state index contributed by atoms with van der Waals surface area (Å²) in [7, 11) is 0. The highest BCUT2D eigenvalue weighted by Crippen LogP contribution is 2.45. The van der Waals surface area contributed by atoms with Gasteiger partial charge in [-0.15, -0.1) is 0 Å². The number of benzene rings is 11. The maximum absolute atomic E-state index is 2.57. The van der Waals surface area contributed by atoms with Crippen molar-refractivity contribution in [3.8, 4) is 11.4 Å². The van der Waals surface area contributed by atoms with E-state index in [1.54, 1.807) is 0 Å². The number of rotatable bonds is 9. The van der Waals surface area contributed by atoms with Crippen molar-refractivity contribution < 1.29 is 0 Å². The van der Waals surface area contributed by atoms with Crippen LogP contribution in [0.3, 0.4) is 0 Å². The zero-order chi connectivity index (χ0) is 48.4. The van der Waals surface area contributed by atoms with Crippen LogP contribution >= 0.6 is 0 Å². The first-order valence-electron chi connectivity index (χ1n) is 25.4. The number of hydrogen-bond donors (Lipinski definition) is 0. The highest BCUT2D eigenvalue weighted by atomic mass is 15.2. The van der Waals surface area contributed by atoms with Gasteiger partial charge in [0.05, 0.1) is 33.8 Å². The van der Waals surface area contributed by atoms with E-state index >= 15 is 0 Å². The van der Waals surface area contributed by atoms with Crippen LogP contribution in [0.2, 0.25) is 0 Å². The number of nitrogens with zero attached hydrogens (tertiary/aromatic N) is 4. The monoisotopic (exact) mass is 934 g/mol. The molecule has 2 unspecified atom stereocenters. The molecule has 0 aliphatic heterocycles. The van der Waals surface area contributed by atoms with Crippen molar-refractivity contribution in [2.45, 2.75) is 13.0 Å². The van der Waals surface area contributed by atoms with Crippen molar-refractivity contribution in [2.24, 2.45) is 5.92 Å². The molecule has 73 heavy (non-hydrogen) atoms. The molecule has 0 radical (unpaired) electrons. The molecule has 2 atom stereocenters. The lowest BCUT2D eigenvalue weighted by molar-refractivity contribution is 0.613. The fraction of sp³-hybridized carbons (Fsp3) is 0.0435. The Morgan fingerprint density at radius 1 is 0.356 bits per heavy atom. The molecule has 0 spiro atoms. The summed E-state index contributed by atoms with van der Waals surface area (Å²) in [5.41, 5.74) is 15.2. The van der Waals surface area contributed by atoms with Gasteiger partial charge in [-0.1, -0.05) is 183 Å². The molecule has 13 aromatic rings. The van der Waals surface area contributed by atoms with E-state index in [1.807, 2.05) is 0 Å². The summed E-state index contributed by atoms with van der Waals surface area (Å²) in [4.78, 5) is 5.00. The Kier molecular flexibility index (Phi) is 10.2. The van der Waals surface area contributed by atoms with E-state index < -0.39 is 0 Å². The molecule has 2 heterocycles. The number of allylic oxidation sites excluding steroid dienone is 2. The molecule has 0 fully saturated rings. The molecule has 1 aliphatic rings. The molecule has 0 saturated carbocycles. The molecule has 346 valence electrons. The largest absolute Gasteiger partial charge is 0.333 e. The van der Waals surface area contributed by atoms with Crippen LogP contribution in [0.1, 0.15) is 12.5 Å². The fourth-order valence-corrected chi connectivity index (χ4v) is 11.8. The maximum atomic E-state index is 2.57. The van der Waals surface area contributed by atoms with Gasteiger partial charge in [0, 0.05) is 66.4 Å². The van der Waals surface area contributed by atoms with Gasteiger partial charge in [0.15, 0.2) is 0 Å². The lowest BCUT2D eigenvalue weighted by Gasteiger charge is -2.37. The molecular formula is C69H50N4. The van der Waals surface area contributed by atoms with Crippen molar-refractivity contribution in [2.75, 3.05) is 9.80 Å². The lowest BCUT2D eigenvalue weighted by atomic mass is 9.88. The van der Waals surface area contributed by atoms with Crippen molar-refractivity contribution in [1.82, 2.24) is 9.13 Å². The van der Waals surface area contributed by atoms with E-state index in [9.17, 15) is 0 Å². The van der Waals surface area contributed by atoms with Crippen LogP contribution in [0.25, 0.3) is 82.1 Å². The molecule has 1 aliphatic carbocycles. The van der Waals surface area contributed by atoms with Crippen molar-refractivity contribution >= 4 is 99.2 Å². The van der Waals surface area contributed by atoms with E-state index in [4.69, 9.17) is 0 Å². The van der Waals surface area contributed by atoms with Gasteiger partial charge in [-0.25, -0.2) is 0 Å². The second-order valence-electron chi connectivity index (χ2n) is 19.4. The second kappa shape index (κ2) is 17.5. The Bertz CT molecular complexity index is 4280. The van der Waals surface area contributed by atoms with Crippen molar-refractivity contribution in [1.29, 1.82) is 0 Å². The zero-order valence-electron chi connectivity index (χ0n) is 40.4. The Hall–Kier alpha value is -9.38. The van der Waals surface area contributed by atoms with Crippen molar-refractivity contribution in [3.05, 3.63) is 279 Å². The summed E-state index contributed by atoms with van der Waals surface area (Å²) in [6.45, 7) is 2.37. The SMILES string of the molecule is CC1C=C(c2ccc(N(c3ccc4c(c3)c3ccccc3n4-c3ccccc3)c3cccc4ccccc34)cc2)C=CC1N(c1ccc2c(c1)c1ccccc1n2-c1ccccc1)c1cccc2ccccc12. The molecule has 0 N–H and O–H groups in total. The van der Waals surface area contributed by atoms with E-state index in [-0.39, 0.29) is 12.0 Å². The average molecular weight is 935 g/mol. The molecule has 14 rings (SSSR count). The summed E-state index contributed by atoms with van der Waals surface area (Å²) in [6.07, 6.45) is 7.24. The normalized spacial score (nSPS) is 14.7. The van der Waals surface area contributed by atoms with Crippen LogP contribution < -0.4 is 9.80 Å². The van der Waals surface area contributed by atoms with E-state index in [2.05, 4.69) is 299 Å². The van der Waals surface area contributed by atoms with Gasteiger partial charge >= 0.3 is 0 Å². The van der Waals surface area contributed by atoms with Crippen LogP contribution in [0, 0.1) is 5.92 Å². The van der Waals surface area contributed by atoms with Crippen LogP contribution in [0.5, 0.6) is 0 Å². The van der Waals surface area contributed by atoms with Crippen LogP contribution in [0.15, 0.2) is 273 Å². The number of hydrogen-bond acceptors (Lipinski definition) is 2. The quantitative estimate of drug-likeness (QED) is 0.143. The first-order chi connectivity index (χ1) is 36.1. The third kappa shape index (κ3) is 7.13. The summed E-state index contributed by atoms with van der Waals surface area (Å²) >= 11 is 0. The molecule has 2 aromatic heterocycles. The van der Waals surface area contributed by atoms with E-state index in [0.29, 0.717) is 0 Å². The first kappa shape index (κ1) is 42.5. The predicted molar refractivity (Wildman–Crippen MR) is 310 cm³/mol. The Labute approximate surface area is 424 Å². The number of para-hydroxylation sites is 4. The molecule has 0 amide bonds. The van der Waals surface area contributed by atoms with Crippen LogP contribution in [-0.4, -0.2) is 15.2 Å². The van der Waals surface area contributed by atoms with Crippen LogP contribution in [-0.2, 0) is 0 Å². The van der Waals surface area contributed by atoms with E-state index in [1.165, 1.54) is 87.7 Å². The van der Waals surface area contributed by atoms with Gasteiger partial charge in [0.1, 0.15) is 0 Å². The summed E-state index contributed by atoms with van der Waals surface area (Å²) in [5.74, 6) is 0.178. The molecule has 4 nitrogen and oxygen atoms in total. The predicted octanol–water partition coefficient (Wildman–Crippen LogP) is 18.5. The smallest absolute Gasteiger partial charge is 0.0586 e. The summed E-state index contributed by atoms with van der Waals surface area (Å²) < 4.78 is 4.78. The third-order valence-corrected chi connectivity index (χ3v) is 15.1. The molecular weight excluding hydrogens is 885 g/mol. The maximum Gasteiger partial charge on any atom is 0.0586 e. The molecule has 0 bridgehead atoms. The van der Waals surface area contributed by atoms with Gasteiger partial charge in [-0.3, -0.25) is 0 Å². The molecule has 0 saturated heterocycles. The third-order valence-electron chi connectivity index (χ3n) is 15.1. The molecule has 4 heteroatoms. The minimum absolute atomic E-state index is 0.0540. The average Bonchev–Trinajstić information content (AvgIpc) is 3.98.